The molecule has 0 aliphatic heterocycles. The van der Waals surface area contributed by atoms with Crippen LogP contribution in [-0.4, -0.2) is 29.9 Å². The lowest BCUT2D eigenvalue weighted by Gasteiger charge is -2.20. The average molecular weight is 294 g/mol. The molecule has 2 amide bonds. The SMILES string of the molecule is Cc1cc(NC(=O)NC(C)C(C)CO)ccc1OC(C)C. The highest BCUT2D eigenvalue weighted by atomic mass is 16.5. The second-order valence-corrected chi connectivity index (χ2v) is 5.69. The summed E-state index contributed by atoms with van der Waals surface area (Å²) >= 11 is 0. The van der Waals surface area contributed by atoms with Gasteiger partial charge in [-0.3, -0.25) is 0 Å². The van der Waals surface area contributed by atoms with E-state index >= 15 is 0 Å². The number of benzene rings is 1. The van der Waals surface area contributed by atoms with Crippen molar-refractivity contribution >= 4 is 11.7 Å². The zero-order valence-corrected chi connectivity index (χ0v) is 13.4. The van der Waals surface area contributed by atoms with E-state index in [4.69, 9.17) is 9.84 Å². The quantitative estimate of drug-likeness (QED) is 0.755. The van der Waals surface area contributed by atoms with Crippen LogP contribution in [0.4, 0.5) is 10.5 Å². The van der Waals surface area contributed by atoms with Crippen molar-refractivity contribution in [1.82, 2.24) is 5.32 Å². The summed E-state index contributed by atoms with van der Waals surface area (Å²) in [7, 11) is 0. The molecule has 5 heteroatoms. The Kier molecular flexibility index (Phi) is 6.49. The number of urea groups is 1. The predicted molar refractivity (Wildman–Crippen MR) is 84.8 cm³/mol. The normalized spacial score (nSPS) is 13.7. The first-order chi connectivity index (χ1) is 9.83. The van der Waals surface area contributed by atoms with Gasteiger partial charge in [0.2, 0.25) is 0 Å². The Labute approximate surface area is 126 Å². The lowest BCUT2D eigenvalue weighted by atomic mass is 10.1. The van der Waals surface area contributed by atoms with Crippen LogP contribution >= 0.6 is 0 Å². The number of aliphatic hydroxyl groups is 1. The molecule has 1 aromatic rings. The van der Waals surface area contributed by atoms with Gasteiger partial charge in [0.25, 0.3) is 0 Å². The van der Waals surface area contributed by atoms with Gasteiger partial charge in [-0.2, -0.15) is 0 Å². The van der Waals surface area contributed by atoms with Crippen molar-refractivity contribution in [3.63, 3.8) is 0 Å². The van der Waals surface area contributed by atoms with Gasteiger partial charge in [-0.1, -0.05) is 6.92 Å². The highest BCUT2D eigenvalue weighted by Gasteiger charge is 2.14. The fraction of sp³-hybridized carbons (Fsp3) is 0.562. The molecule has 21 heavy (non-hydrogen) atoms. The Morgan fingerprint density at radius 1 is 1.29 bits per heavy atom. The molecule has 2 atom stereocenters. The van der Waals surface area contributed by atoms with Crippen LogP contribution in [0.25, 0.3) is 0 Å². The summed E-state index contributed by atoms with van der Waals surface area (Å²) in [5.74, 6) is 0.831. The summed E-state index contributed by atoms with van der Waals surface area (Å²) in [6.07, 6.45) is 0.117. The molecule has 0 radical (unpaired) electrons. The fourth-order valence-corrected chi connectivity index (χ4v) is 1.79. The highest BCUT2D eigenvalue weighted by Crippen LogP contribution is 2.22. The van der Waals surface area contributed by atoms with Gasteiger partial charge < -0.3 is 20.5 Å². The Morgan fingerprint density at radius 2 is 1.95 bits per heavy atom. The molecule has 0 spiro atoms. The average Bonchev–Trinajstić information content (AvgIpc) is 2.40. The highest BCUT2D eigenvalue weighted by molar-refractivity contribution is 5.89. The van der Waals surface area contributed by atoms with Gasteiger partial charge in [-0.15, -0.1) is 0 Å². The third-order valence-electron chi connectivity index (χ3n) is 3.30. The largest absolute Gasteiger partial charge is 0.491 e. The van der Waals surface area contributed by atoms with Crippen molar-refractivity contribution in [3.8, 4) is 5.75 Å². The molecular weight excluding hydrogens is 268 g/mol. The van der Waals surface area contributed by atoms with Gasteiger partial charge in [0.05, 0.1) is 6.10 Å². The molecule has 0 aromatic heterocycles. The monoisotopic (exact) mass is 294 g/mol. The van der Waals surface area contributed by atoms with Gasteiger partial charge in [0.15, 0.2) is 0 Å². The second kappa shape index (κ2) is 7.88. The third-order valence-corrected chi connectivity index (χ3v) is 3.30. The van der Waals surface area contributed by atoms with E-state index in [2.05, 4.69) is 10.6 Å². The van der Waals surface area contributed by atoms with E-state index in [0.717, 1.165) is 11.3 Å². The van der Waals surface area contributed by atoms with Crippen LogP contribution in [-0.2, 0) is 0 Å². The lowest BCUT2D eigenvalue weighted by molar-refractivity contribution is 0.204. The maximum atomic E-state index is 11.9. The number of anilines is 1. The van der Waals surface area contributed by atoms with E-state index in [0.29, 0.717) is 5.69 Å². The van der Waals surface area contributed by atoms with Gasteiger partial charge in [-0.05, 0) is 57.4 Å². The molecule has 1 aromatic carbocycles. The van der Waals surface area contributed by atoms with E-state index in [9.17, 15) is 4.79 Å². The number of carbonyl (C=O) groups excluding carboxylic acids is 1. The molecular formula is C16H26N2O3. The summed E-state index contributed by atoms with van der Waals surface area (Å²) in [6, 6.07) is 5.16. The van der Waals surface area contributed by atoms with E-state index in [1.807, 2.05) is 52.8 Å². The molecule has 0 saturated carbocycles. The summed E-state index contributed by atoms with van der Waals surface area (Å²) in [6.45, 7) is 9.68. The number of carbonyl (C=O) groups is 1. The summed E-state index contributed by atoms with van der Waals surface area (Å²) in [5.41, 5.74) is 1.68. The first-order valence-electron chi connectivity index (χ1n) is 7.29. The van der Waals surface area contributed by atoms with E-state index in [1.54, 1.807) is 0 Å². The van der Waals surface area contributed by atoms with Crippen LogP contribution < -0.4 is 15.4 Å². The molecule has 1 rings (SSSR count). The van der Waals surface area contributed by atoms with Gasteiger partial charge in [0, 0.05) is 18.3 Å². The topological polar surface area (TPSA) is 70.6 Å². The zero-order valence-electron chi connectivity index (χ0n) is 13.4. The van der Waals surface area contributed by atoms with Crippen molar-refractivity contribution in [3.05, 3.63) is 23.8 Å². The van der Waals surface area contributed by atoms with Gasteiger partial charge in [0.1, 0.15) is 5.75 Å². The molecule has 0 aliphatic rings. The van der Waals surface area contributed by atoms with Crippen LogP contribution in [0.1, 0.15) is 33.3 Å². The molecule has 0 saturated heterocycles. The summed E-state index contributed by atoms with van der Waals surface area (Å²) in [4.78, 5) is 11.9. The molecule has 0 fully saturated rings. The fourth-order valence-electron chi connectivity index (χ4n) is 1.79. The van der Waals surface area contributed by atoms with Crippen LogP contribution in [0.5, 0.6) is 5.75 Å². The maximum Gasteiger partial charge on any atom is 0.319 e. The molecule has 118 valence electrons. The standard InChI is InChI=1S/C16H26N2O3/c1-10(2)21-15-7-6-14(8-11(15)3)18-16(20)17-13(5)12(4)9-19/h6-8,10,12-13,19H,9H2,1-5H3,(H2,17,18,20). The van der Waals surface area contributed by atoms with Crippen molar-refractivity contribution in [2.75, 3.05) is 11.9 Å². The van der Waals surface area contributed by atoms with E-state index < -0.39 is 0 Å². The van der Waals surface area contributed by atoms with Gasteiger partial charge >= 0.3 is 6.03 Å². The molecule has 2 unspecified atom stereocenters. The van der Waals surface area contributed by atoms with Gasteiger partial charge in [-0.25, -0.2) is 4.79 Å². The number of hydrogen-bond acceptors (Lipinski definition) is 3. The Morgan fingerprint density at radius 3 is 2.48 bits per heavy atom. The molecule has 0 bridgehead atoms. The maximum absolute atomic E-state index is 11.9. The van der Waals surface area contributed by atoms with Crippen LogP contribution in [0.15, 0.2) is 18.2 Å². The summed E-state index contributed by atoms with van der Waals surface area (Å²) in [5, 5.41) is 14.7. The molecule has 0 aliphatic carbocycles. The molecule has 0 heterocycles. The smallest absolute Gasteiger partial charge is 0.319 e. The van der Waals surface area contributed by atoms with Crippen LogP contribution in [0.3, 0.4) is 0 Å². The number of rotatable bonds is 6. The van der Waals surface area contributed by atoms with E-state index in [1.165, 1.54) is 0 Å². The number of hydrogen-bond donors (Lipinski definition) is 3. The predicted octanol–water partition coefficient (Wildman–Crippen LogP) is 2.92. The van der Waals surface area contributed by atoms with Crippen molar-refractivity contribution in [1.29, 1.82) is 0 Å². The van der Waals surface area contributed by atoms with Crippen molar-refractivity contribution in [2.24, 2.45) is 5.92 Å². The van der Waals surface area contributed by atoms with Crippen LogP contribution in [0, 0.1) is 12.8 Å². The molecule has 3 N–H and O–H groups in total. The zero-order chi connectivity index (χ0) is 16.0. The Balaban J connectivity index is 2.63. The van der Waals surface area contributed by atoms with Crippen molar-refractivity contribution < 1.29 is 14.6 Å². The minimum Gasteiger partial charge on any atom is -0.491 e. The van der Waals surface area contributed by atoms with Crippen molar-refractivity contribution in [2.45, 2.75) is 46.8 Å². The van der Waals surface area contributed by atoms with Crippen LogP contribution in [0.2, 0.25) is 0 Å². The number of aliphatic hydroxyl groups excluding tert-OH is 1. The first-order valence-corrected chi connectivity index (χ1v) is 7.29. The third kappa shape index (κ3) is 5.63. The second-order valence-electron chi connectivity index (χ2n) is 5.69. The minimum absolute atomic E-state index is 0.0132. The van der Waals surface area contributed by atoms with E-state index in [-0.39, 0.29) is 30.7 Å². The first kappa shape index (κ1) is 17.3. The summed E-state index contributed by atoms with van der Waals surface area (Å²) < 4.78 is 5.66. The number of aryl methyl sites for hydroxylation is 1. The lowest BCUT2D eigenvalue weighted by Crippen LogP contribution is -2.40. The number of ether oxygens (including phenoxy) is 1. The Bertz CT molecular complexity index is 475. The molecule has 5 nitrogen and oxygen atoms in total. The Hall–Kier alpha value is -1.75. The number of nitrogens with one attached hydrogen (secondary N) is 2. The minimum atomic E-state index is -0.278. The number of amides is 2.